The summed E-state index contributed by atoms with van der Waals surface area (Å²) >= 11 is 0. The van der Waals surface area contributed by atoms with Crippen LogP contribution in [0.1, 0.15) is 28.8 Å². The van der Waals surface area contributed by atoms with E-state index in [0.717, 1.165) is 17.0 Å². The molecule has 0 bridgehead atoms. The maximum absolute atomic E-state index is 11.9. The highest BCUT2D eigenvalue weighted by Gasteiger charge is 2.19. The molecule has 0 aliphatic carbocycles. The van der Waals surface area contributed by atoms with E-state index < -0.39 is 17.9 Å². The summed E-state index contributed by atoms with van der Waals surface area (Å²) < 4.78 is 1.74. The lowest BCUT2D eigenvalue weighted by atomic mass is 10.1. The molecule has 2 heterocycles. The van der Waals surface area contributed by atoms with Gasteiger partial charge in [-0.1, -0.05) is 0 Å². The lowest BCUT2D eigenvalue weighted by Crippen LogP contribution is -2.38. The number of rotatable bonds is 4. The molecule has 1 atom stereocenters. The average Bonchev–Trinajstić information content (AvgIpc) is 2.95. The van der Waals surface area contributed by atoms with E-state index in [1.165, 1.54) is 6.92 Å². The zero-order valence-electron chi connectivity index (χ0n) is 12.3. The van der Waals surface area contributed by atoms with Crippen LogP contribution < -0.4 is 5.32 Å². The Labute approximate surface area is 121 Å². The molecule has 0 aliphatic rings. The van der Waals surface area contributed by atoms with E-state index in [4.69, 9.17) is 5.11 Å². The Bertz CT molecular complexity index is 701. The summed E-state index contributed by atoms with van der Waals surface area (Å²) in [5.74, 6) is -1.61. The quantitative estimate of drug-likeness (QED) is 0.764. The number of hydrogen-bond acceptors (Lipinski definition) is 4. The molecular formula is C13H17N5O3. The van der Waals surface area contributed by atoms with E-state index in [-0.39, 0.29) is 5.69 Å². The van der Waals surface area contributed by atoms with E-state index in [0.29, 0.717) is 5.69 Å². The van der Waals surface area contributed by atoms with Crippen LogP contribution in [0.2, 0.25) is 0 Å². The number of carbonyl (C=O) groups excluding carboxylic acids is 1. The number of hydrogen-bond donors (Lipinski definition) is 3. The van der Waals surface area contributed by atoms with Crippen LogP contribution in [-0.4, -0.2) is 43.0 Å². The van der Waals surface area contributed by atoms with Gasteiger partial charge in [0.2, 0.25) is 0 Å². The molecule has 112 valence electrons. The maximum atomic E-state index is 11.9. The Balaban J connectivity index is 2.26. The number of carboxylic acids is 1. The molecule has 1 unspecified atom stereocenters. The van der Waals surface area contributed by atoms with Crippen molar-refractivity contribution in [1.29, 1.82) is 0 Å². The van der Waals surface area contributed by atoms with Crippen LogP contribution in [0, 0.1) is 13.8 Å². The van der Waals surface area contributed by atoms with Crippen molar-refractivity contribution in [3.63, 3.8) is 0 Å². The molecule has 2 aromatic rings. The highest BCUT2D eigenvalue weighted by Crippen LogP contribution is 2.25. The van der Waals surface area contributed by atoms with Crippen molar-refractivity contribution in [1.82, 2.24) is 25.3 Å². The highest BCUT2D eigenvalue weighted by molar-refractivity contribution is 5.95. The summed E-state index contributed by atoms with van der Waals surface area (Å²) in [5, 5.41) is 22.2. The van der Waals surface area contributed by atoms with Crippen LogP contribution in [0.25, 0.3) is 11.3 Å². The molecule has 2 rings (SSSR count). The van der Waals surface area contributed by atoms with Crippen LogP contribution in [0.3, 0.4) is 0 Å². The van der Waals surface area contributed by atoms with Crippen molar-refractivity contribution in [2.45, 2.75) is 26.8 Å². The third kappa shape index (κ3) is 2.78. The number of aliphatic carboxylic acids is 1. The molecule has 0 aromatic carbocycles. The van der Waals surface area contributed by atoms with Crippen LogP contribution in [0.5, 0.6) is 0 Å². The van der Waals surface area contributed by atoms with Gasteiger partial charge in [0.05, 0.1) is 11.4 Å². The van der Waals surface area contributed by atoms with Gasteiger partial charge in [-0.25, -0.2) is 0 Å². The first-order valence-electron chi connectivity index (χ1n) is 6.41. The zero-order valence-corrected chi connectivity index (χ0v) is 12.3. The van der Waals surface area contributed by atoms with Gasteiger partial charge in [-0.2, -0.15) is 10.2 Å². The monoisotopic (exact) mass is 291 g/mol. The van der Waals surface area contributed by atoms with Gasteiger partial charge in [0, 0.05) is 18.3 Å². The predicted molar refractivity (Wildman–Crippen MR) is 74.8 cm³/mol. The van der Waals surface area contributed by atoms with Gasteiger partial charge in [-0.3, -0.25) is 19.4 Å². The molecule has 3 N–H and O–H groups in total. The fourth-order valence-corrected chi connectivity index (χ4v) is 2.05. The Morgan fingerprint density at radius 1 is 1.43 bits per heavy atom. The van der Waals surface area contributed by atoms with Gasteiger partial charge in [0.25, 0.3) is 5.91 Å². The molecular weight excluding hydrogens is 274 g/mol. The van der Waals surface area contributed by atoms with Crippen LogP contribution >= 0.6 is 0 Å². The topological polar surface area (TPSA) is 113 Å². The number of amides is 1. The number of carbonyl (C=O) groups is 2. The second kappa shape index (κ2) is 5.39. The van der Waals surface area contributed by atoms with Crippen molar-refractivity contribution in [2.24, 2.45) is 7.05 Å². The molecule has 21 heavy (non-hydrogen) atoms. The zero-order chi connectivity index (χ0) is 15.7. The number of aryl methyl sites for hydroxylation is 2. The van der Waals surface area contributed by atoms with Crippen molar-refractivity contribution in [3.05, 3.63) is 23.1 Å². The second-order valence-corrected chi connectivity index (χ2v) is 4.87. The summed E-state index contributed by atoms with van der Waals surface area (Å²) in [4.78, 5) is 22.6. The summed E-state index contributed by atoms with van der Waals surface area (Å²) in [6, 6.07) is 0.618. The molecule has 0 saturated heterocycles. The Morgan fingerprint density at radius 3 is 2.62 bits per heavy atom. The van der Waals surface area contributed by atoms with E-state index in [1.54, 1.807) is 10.7 Å². The lowest BCUT2D eigenvalue weighted by Gasteiger charge is -2.06. The number of carboxylic acid groups (broad SMARTS) is 1. The van der Waals surface area contributed by atoms with Crippen molar-refractivity contribution in [2.75, 3.05) is 0 Å². The molecule has 0 spiro atoms. The number of H-pyrrole nitrogens is 1. The second-order valence-electron chi connectivity index (χ2n) is 4.87. The summed E-state index contributed by atoms with van der Waals surface area (Å²) in [7, 11) is 1.83. The minimum atomic E-state index is -1.10. The summed E-state index contributed by atoms with van der Waals surface area (Å²) in [6.07, 6.45) is 0. The lowest BCUT2D eigenvalue weighted by molar-refractivity contribution is -0.138. The fourth-order valence-electron chi connectivity index (χ4n) is 2.05. The number of aromatic amines is 1. The van der Waals surface area contributed by atoms with Crippen molar-refractivity contribution in [3.8, 4) is 11.3 Å². The first kappa shape index (κ1) is 14.8. The molecule has 8 heteroatoms. The van der Waals surface area contributed by atoms with Crippen molar-refractivity contribution < 1.29 is 14.7 Å². The largest absolute Gasteiger partial charge is 0.480 e. The predicted octanol–water partition coefficient (Wildman–Crippen LogP) is 0.630. The van der Waals surface area contributed by atoms with Gasteiger partial charge >= 0.3 is 5.97 Å². The molecule has 1 amide bonds. The molecule has 2 aromatic heterocycles. The van der Waals surface area contributed by atoms with E-state index >= 15 is 0 Å². The van der Waals surface area contributed by atoms with Crippen LogP contribution in [0.15, 0.2) is 6.07 Å². The van der Waals surface area contributed by atoms with Gasteiger partial charge < -0.3 is 10.4 Å². The number of nitrogens with zero attached hydrogens (tertiary/aromatic N) is 3. The molecule has 0 fully saturated rings. The van der Waals surface area contributed by atoms with Gasteiger partial charge in [0.1, 0.15) is 11.7 Å². The SMILES string of the molecule is Cc1nn(C)c(C)c1-c1cc(C(=O)NC(C)C(=O)O)[nH]n1. The fraction of sp³-hybridized carbons (Fsp3) is 0.385. The third-order valence-corrected chi connectivity index (χ3v) is 3.31. The van der Waals surface area contributed by atoms with Crippen LogP contribution in [-0.2, 0) is 11.8 Å². The Morgan fingerprint density at radius 2 is 2.10 bits per heavy atom. The molecule has 8 nitrogen and oxygen atoms in total. The summed E-state index contributed by atoms with van der Waals surface area (Å²) in [5.41, 5.74) is 3.42. The Kier molecular flexibility index (Phi) is 3.79. The molecule has 0 saturated carbocycles. The number of nitrogens with one attached hydrogen (secondary N) is 2. The van der Waals surface area contributed by atoms with E-state index in [1.807, 2.05) is 20.9 Å². The molecule has 0 aliphatic heterocycles. The van der Waals surface area contributed by atoms with E-state index in [2.05, 4.69) is 20.6 Å². The standard InChI is InChI=1S/C13H17N5O3/c1-6-11(8(3)18(4)17-6)9-5-10(16-15-9)12(19)14-7(2)13(20)21/h5,7H,1-4H3,(H,14,19)(H,15,16)(H,20,21). The average molecular weight is 291 g/mol. The summed E-state index contributed by atoms with van der Waals surface area (Å²) in [6.45, 7) is 5.17. The highest BCUT2D eigenvalue weighted by atomic mass is 16.4. The normalized spacial score (nSPS) is 12.2. The van der Waals surface area contributed by atoms with Gasteiger partial charge in [0.15, 0.2) is 0 Å². The Hall–Kier alpha value is -2.64. The van der Waals surface area contributed by atoms with E-state index in [9.17, 15) is 9.59 Å². The third-order valence-electron chi connectivity index (χ3n) is 3.31. The molecule has 0 radical (unpaired) electrons. The maximum Gasteiger partial charge on any atom is 0.325 e. The first-order chi connectivity index (χ1) is 9.81. The minimum Gasteiger partial charge on any atom is -0.480 e. The van der Waals surface area contributed by atoms with Gasteiger partial charge in [-0.15, -0.1) is 0 Å². The smallest absolute Gasteiger partial charge is 0.325 e. The minimum absolute atomic E-state index is 0.209. The van der Waals surface area contributed by atoms with Gasteiger partial charge in [-0.05, 0) is 26.8 Å². The first-order valence-corrected chi connectivity index (χ1v) is 6.41. The van der Waals surface area contributed by atoms with Crippen molar-refractivity contribution >= 4 is 11.9 Å². The number of aromatic nitrogens is 4. The van der Waals surface area contributed by atoms with Crippen LogP contribution in [0.4, 0.5) is 0 Å².